The molecule has 1 amide bonds. The summed E-state index contributed by atoms with van der Waals surface area (Å²) < 4.78 is 10.9. The number of hydrogen-bond acceptors (Lipinski definition) is 6. The van der Waals surface area contributed by atoms with Gasteiger partial charge >= 0.3 is 0 Å². The van der Waals surface area contributed by atoms with Crippen LogP contribution >= 0.6 is 0 Å². The summed E-state index contributed by atoms with van der Waals surface area (Å²) in [5, 5.41) is 2.77. The normalized spacial score (nSPS) is 12.6. The van der Waals surface area contributed by atoms with E-state index in [-0.39, 0.29) is 5.91 Å². The minimum Gasteiger partial charge on any atom is -0.486 e. The molecule has 7 nitrogen and oxygen atoms in total. The summed E-state index contributed by atoms with van der Waals surface area (Å²) in [5.41, 5.74) is 3.93. The van der Waals surface area contributed by atoms with Gasteiger partial charge in [-0.2, -0.15) is 0 Å². The van der Waals surface area contributed by atoms with Gasteiger partial charge in [0.05, 0.1) is 11.3 Å². The van der Waals surface area contributed by atoms with Crippen LogP contribution in [0.25, 0.3) is 0 Å². The second kappa shape index (κ2) is 5.68. The van der Waals surface area contributed by atoms with Crippen molar-refractivity contribution in [1.82, 2.24) is 4.98 Å². The first-order valence-electron chi connectivity index (χ1n) is 6.39. The Morgan fingerprint density at radius 3 is 2.81 bits per heavy atom. The van der Waals surface area contributed by atoms with E-state index < -0.39 is 0 Å². The molecule has 1 aromatic heterocycles. The summed E-state index contributed by atoms with van der Waals surface area (Å²) in [6.07, 6.45) is 3.00. The molecule has 1 aliphatic rings. The molecule has 21 heavy (non-hydrogen) atoms. The second-order valence-electron chi connectivity index (χ2n) is 4.38. The van der Waals surface area contributed by atoms with Crippen LogP contribution in [0, 0.1) is 0 Å². The number of aromatic nitrogens is 1. The molecule has 2 heterocycles. The van der Waals surface area contributed by atoms with Gasteiger partial charge in [-0.15, -0.1) is 0 Å². The number of fused-ring (bicyclic) bond motifs is 1. The van der Waals surface area contributed by atoms with Crippen LogP contribution < -0.4 is 26.1 Å². The van der Waals surface area contributed by atoms with Crippen LogP contribution in [0.15, 0.2) is 36.7 Å². The third-order valence-corrected chi connectivity index (χ3v) is 3.02. The number of anilines is 2. The monoisotopic (exact) mass is 286 g/mol. The Morgan fingerprint density at radius 1 is 1.19 bits per heavy atom. The van der Waals surface area contributed by atoms with Gasteiger partial charge in [0.15, 0.2) is 11.5 Å². The van der Waals surface area contributed by atoms with E-state index in [4.69, 9.17) is 15.3 Å². The van der Waals surface area contributed by atoms with Crippen LogP contribution in [0.2, 0.25) is 0 Å². The van der Waals surface area contributed by atoms with Crippen molar-refractivity contribution in [2.75, 3.05) is 24.0 Å². The lowest BCUT2D eigenvalue weighted by Crippen LogP contribution is -2.18. The van der Waals surface area contributed by atoms with E-state index in [0.717, 1.165) is 0 Å². The van der Waals surface area contributed by atoms with Crippen LogP contribution in [0.1, 0.15) is 10.4 Å². The molecular weight excluding hydrogens is 272 g/mol. The molecule has 4 N–H and O–H groups in total. The van der Waals surface area contributed by atoms with E-state index in [2.05, 4.69) is 15.7 Å². The largest absolute Gasteiger partial charge is 0.486 e. The van der Waals surface area contributed by atoms with Crippen molar-refractivity contribution in [3.8, 4) is 11.5 Å². The molecular formula is C14H14N4O3. The van der Waals surface area contributed by atoms with E-state index in [9.17, 15) is 4.79 Å². The highest BCUT2D eigenvalue weighted by Gasteiger charge is 2.15. The molecule has 108 valence electrons. The highest BCUT2D eigenvalue weighted by molar-refractivity contribution is 6.07. The first-order valence-corrected chi connectivity index (χ1v) is 6.39. The molecule has 0 saturated carbocycles. The number of hydrazine groups is 1. The molecule has 7 heteroatoms. The smallest absolute Gasteiger partial charge is 0.259 e. The average Bonchev–Trinajstić information content (AvgIpc) is 2.54. The maximum absolute atomic E-state index is 12.2. The Bertz CT molecular complexity index is 675. The van der Waals surface area contributed by atoms with Crippen molar-refractivity contribution >= 4 is 17.3 Å². The summed E-state index contributed by atoms with van der Waals surface area (Å²) in [7, 11) is 0. The number of ether oxygens (including phenoxy) is 2. The minimum atomic E-state index is -0.312. The van der Waals surface area contributed by atoms with Crippen LogP contribution in [-0.4, -0.2) is 24.1 Å². The Hall–Kier alpha value is -2.80. The molecule has 0 radical (unpaired) electrons. The summed E-state index contributed by atoms with van der Waals surface area (Å²) >= 11 is 0. The van der Waals surface area contributed by atoms with Gasteiger partial charge in [-0.25, -0.2) is 0 Å². The van der Waals surface area contributed by atoms with E-state index in [1.807, 2.05) is 0 Å². The summed E-state index contributed by atoms with van der Waals surface area (Å²) in [6.45, 7) is 1.02. The molecule has 0 unspecified atom stereocenters. The molecule has 0 saturated heterocycles. The number of amides is 1. The van der Waals surface area contributed by atoms with E-state index in [1.165, 1.54) is 6.20 Å². The molecule has 0 atom stereocenters. The number of nitrogens with one attached hydrogen (secondary N) is 2. The van der Waals surface area contributed by atoms with E-state index in [0.29, 0.717) is 41.7 Å². The number of hydrogen-bond donors (Lipinski definition) is 3. The van der Waals surface area contributed by atoms with Crippen molar-refractivity contribution < 1.29 is 14.3 Å². The summed E-state index contributed by atoms with van der Waals surface area (Å²) in [5.74, 6) is 6.35. The maximum atomic E-state index is 12.2. The molecule has 0 fully saturated rings. The predicted molar refractivity (Wildman–Crippen MR) is 77.4 cm³/mol. The van der Waals surface area contributed by atoms with Crippen LogP contribution in [0.5, 0.6) is 11.5 Å². The number of pyridine rings is 1. The quantitative estimate of drug-likeness (QED) is 0.582. The van der Waals surface area contributed by atoms with Gasteiger partial charge in [0.1, 0.15) is 13.2 Å². The Labute approximate surface area is 121 Å². The predicted octanol–water partition coefficient (Wildman–Crippen LogP) is 1.39. The Morgan fingerprint density at radius 2 is 2.00 bits per heavy atom. The summed E-state index contributed by atoms with van der Waals surface area (Å²) in [6, 6.07) is 6.85. The van der Waals surface area contributed by atoms with Gasteiger partial charge in [0, 0.05) is 24.1 Å². The molecule has 3 rings (SSSR count). The molecule has 0 spiro atoms. The lowest BCUT2D eigenvalue weighted by atomic mass is 10.2. The Kier molecular flexibility index (Phi) is 3.57. The van der Waals surface area contributed by atoms with Crippen molar-refractivity contribution in [1.29, 1.82) is 0 Å². The maximum Gasteiger partial charge on any atom is 0.259 e. The standard InChI is InChI=1S/C14H14N4O3/c15-18-11-3-4-16-8-10(11)14(19)17-9-1-2-12-13(7-9)21-6-5-20-12/h1-4,7-8H,5-6,15H2,(H,16,18)(H,17,19). The van der Waals surface area contributed by atoms with Crippen molar-refractivity contribution in [2.24, 2.45) is 5.84 Å². The lowest BCUT2D eigenvalue weighted by Gasteiger charge is -2.19. The third-order valence-electron chi connectivity index (χ3n) is 3.02. The minimum absolute atomic E-state index is 0.312. The lowest BCUT2D eigenvalue weighted by molar-refractivity contribution is 0.102. The van der Waals surface area contributed by atoms with Crippen molar-refractivity contribution in [3.05, 3.63) is 42.2 Å². The summed E-state index contributed by atoms with van der Waals surface area (Å²) in [4.78, 5) is 16.2. The molecule has 2 aromatic rings. The fraction of sp³-hybridized carbons (Fsp3) is 0.143. The fourth-order valence-electron chi connectivity index (χ4n) is 2.02. The number of benzene rings is 1. The zero-order chi connectivity index (χ0) is 14.7. The third kappa shape index (κ3) is 2.72. The zero-order valence-corrected chi connectivity index (χ0v) is 11.1. The number of carbonyl (C=O) groups excluding carboxylic acids is 1. The number of nitrogens with zero attached hydrogens (tertiary/aromatic N) is 1. The Balaban J connectivity index is 1.81. The van der Waals surface area contributed by atoms with Gasteiger partial charge in [0.25, 0.3) is 5.91 Å². The molecule has 0 aliphatic carbocycles. The van der Waals surface area contributed by atoms with Crippen molar-refractivity contribution in [2.45, 2.75) is 0 Å². The highest BCUT2D eigenvalue weighted by atomic mass is 16.6. The van der Waals surface area contributed by atoms with Gasteiger partial charge in [-0.1, -0.05) is 0 Å². The number of nitrogens with two attached hydrogens (primary N) is 1. The molecule has 0 bridgehead atoms. The van der Waals surface area contributed by atoms with Crippen LogP contribution in [0.3, 0.4) is 0 Å². The number of nitrogen functional groups attached to an aromatic ring is 1. The topological polar surface area (TPSA) is 98.5 Å². The van der Waals surface area contributed by atoms with Crippen LogP contribution in [0.4, 0.5) is 11.4 Å². The van der Waals surface area contributed by atoms with Gasteiger partial charge in [-0.3, -0.25) is 15.6 Å². The molecule has 1 aliphatic heterocycles. The van der Waals surface area contributed by atoms with E-state index in [1.54, 1.807) is 30.5 Å². The first kappa shape index (κ1) is 13.2. The van der Waals surface area contributed by atoms with Gasteiger partial charge < -0.3 is 20.2 Å². The van der Waals surface area contributed by atoms with Gasteiger partial charge in [0.2, 0.25) is 0 Å². The SMILES string of the molecule is NNc1ccncc1C(=O)Nc1ccc2c(c1)OCCO2. The molecule has 1 aromatic carbocycles. The first-order chi connectivity index (χ1) is 10.3. The number of rotatable bonds is 3. The van der Waals surface area contributed by atoms with Crippen LogP contribution in [-0.2, 0) is 0 Å². The van der Waals surface area contributed by atoms with E-state index >= 15 is 0 Å². The fourth-order valence-corrected chi connectivity index (χ4v) is 2.02. The zero-order valence-electron chi connectivity index (χ0n) is 11.1. The average molecular weight is 286 g/mol. The highest BCUT2D eigenvalue weighted by Crippen LogP contribution is 2.32. The van der Waals surface area contributed by atoms with Gasteiger partial charge in [-0.05, 0) is 18.2 Å². The second-order valence-corrected chi connectivity index (χ2v) is 4.38. The number of carbonyl (C=O) groups is 1. The van der Waals surface area contributed by atoms with Crippen molar-refractivity contribution in [3.63, 3.8) is 0 Å².